The van der Waals surface area contributed by atoms with Crippen LogP contribution in [0, 0.1) is 5.92 Å². The molecule has 0 aromatic carbocycles. The van der Waals surface area contributed by atoms with Gasteiger partial charge in [-0.1, -0.05) is 188 Å². The number of unbranched alkanes of at least 4 members (excludes halogenated alkanes) is 19. The van der Waals surface area contributed by atoms with Crippen LogP contribution in [0.4, 0.5) is 0 Å². The van der Waals surface area contributed by atoms with Crippen molar-refractivity contribution < 1.29 is 9.90 Å². The average molecular weight is 718 g/mol. The molecular formula is C46H91N3O2. The second kappa shape index (κ2) is 31.7. The molecule has 0 spiro atoms. The van der Waals surface area contributed by atoms with E-state index < -0.39 is 6.23 Å². The summed E-state index contributed by atoms with van der Waals surface area (Å²) in [6.45, 7) is 12.4. The van der Waals surface area contributed by atoms with Gasteiger partial charge in [0.1, 0.15) is 6.23 Å². The molecule has 2 N–H and O–H groups in total. The third-order valence-corrected chi connectivity index (χ3v) is 12.7. The number of aliphatic hydroxyl groups is 1. The van der Waals surface area contributed by atoms with Gasteiger partial charge in [0.25, 0.3) is 0 Å². The Balaban J connectivity index is 2.26. The highest BCUT2D eigenvalue weighted by Crippen LogP contribution is 2.32. The number of nitrogens with zero attached hydrogens (tertiary/aromatic N) is 2. The Kier molecular flexibility index (Phi) is 28.9. The zero-order valence-corrected chi connectivity index (χ0v) is 35.1. The van der Waals surface area contributed by atoms with Gasteiger partial charge < -0.3 is 14.9 Å². The van der Waals surface area contributed by atoms with E-state index in [4.69, 9.17) is 0 Å². The second-order valence-corrected chi connectivity index (χ2v) is 17.1. The van der Waals surface area contributed by atoms with Crippen molar-refractivity contribution >= 4 is 5.91 Å². The summed E-state index contributed by atoms with van der Waals surface area (Å²) in [5.41, 5.74) is 0. The summed E-state index contributed by atoms with van der Waals surface area (Å²) in [6.07, 6.45) is 40.3. The molecule has 2 rings (SSSR count). The number of hydrogen-bond acceptors (Lipinski definition) is 4. The summed E-state index contributed by atoms with van der Waals surface area (Å²) in [5, 5.41) is 16.2. The molecule has 0 radical (unpaired) electrons. The van der Waals surface area contributed by atoms with Crippen LogP contribution >= 0.6 is 0 Å². The van der Waals surface area contributed by atoms with Gasteiger partial charge in [-0.15, -0.1) is 0 Å². The third-order valence-electron chi connectivity index (χ3n) is 12.7. The Bertz CT molecular complexity index is 760. The van der Waals surface area contributed by atoms with Gasteiger partial charge >= 0.3 is 0 Å². The highest BCUT2D eigenvalue weighted by Gasteiger charge is 2.41. The minimum Gasteiger partial charge on any atom is -0.376 e. The summed E-state index contributed by atoms with van der Waals surface area (Å²) >= 11 is 0. The van der Waals surface area contributed by atoms with Crippen molar-refractivity contribution in [3.8, 4) is 0 Å². The van der Waals surface area contributed by atoms with Crippen LogP contribution < -0.4 is 5.32 Å². The fourth-order valence-electron chi connectivity index (χ4n) is 9.28. The summed E-state index contributed by atoms with van der Waals surface area (Å²) in [4.78, 5) is 19.8. The number of hydrogen-bond donors (Lipinski definition) is 2. The first kappa shape index (κ1) is 46.5. The van der Waals surface area contributed by atoms with Crippen LogP contribution in [0.25, 0.3) is 0 Å². The van der Waals surface area contributed by atoms with E-state index in [0.717, 1.165) is 71.0 Å². The molecule has 5 heteroatoms. The molecule has 2 aliphatic rings. The maximum Gasteiger partial charge on any atom is 0.223 e. The van der Waals surface area contributed by atoms with Gasteiger partial charge in [0, 0.05) is 18.5 Å². The van der Waals surface area contributed by atoms with Crippen molar-refractivity contribution in [2.75, 3.05) is 19.6 Å². The largest absolute Gasteiger partial charge is 0.376 e. The Morgan fingerprint density at radius 2 is 1.04 bits per heavy atom. The van der Waals surface area contributed by atoms with Crippen LogP contribution in [0.3, 0.4) is 0 Å². The van der Waals surface area contributed by atoms with Crippen molar-refractivity contribution in [1.29, 1.82) is 0 Å². The minimum absolute atomic E-state index is 0.118. The fraction of sp³-hybridized carbons (Fsp3) is 0.978. The molecule has 51 heavy (non-hydrogen) atoms. The number of aliphatic hydroxyl groups excluding tert-OH is 1. The van der Waals surface area contributed by atoms with E-state index in [1.165, 1.54) is 154 Å². The molecule has 1 saturated carbocycles. The highest BCUT2D eigenvalue weighted by atomic mass is 16.3. The topological polar surface area (TPSA) is 55.8 Å². The lowest BCUT2D eigenvalue weighted by Crippen LogP contribution is -2.61. The first-order valence-corrected chi connectivity index (χ1v) is 23.5. The summed E-state index contributed by atoms with van der Waals surface area (Å²) in [7, 11) is 0. The quantitative estimate of drug-likeness (QED) is 0.0413. The van der Waals surface area contributed by atoms with Gasteiger partial charge in [-0.05, 0) is 70.5 Å². The Labute approximate surface area is 319 Å². The van der Waals surface area contributed by atoms with Gasteiger partial charge in [-0.25, -0.2) is 0 Å². The maximum absolute atomic E-state index is 14.8. The molecule has 2 unspecified atom stereocenters. The lowest BCUT2D eigenvalue weighted by molar-refractivity contribution is -0.145. The van der Waals surface area contributed by atoms with Crippen molar-refractivity contribution in [1.82, 2.24) is 15.1 Å². The van der Waals surface area contributed by atoms with Gasteiger partial charge in [0.15, 0.2) is 0 Å². The number of piperidine rings is 1. The molecule has 302 valence electrons. The molecule has 0 bridgehead atoms. The van der Waals surface area contributed by atoms with Crippen LogP contribution in [0.1, 0.15) is 240 Å². The molecule has 1 heterocycles. The van der Waals surface area contributed by atoms with E-state index in [0.29, 0.717) is 24.3 Å². The first-order valence-electron chi connectivity index (χ1n) is 23.5. The lowest BCUT2D eigenvalue weighted by Gasteiger charge is -2.47. The third kappa shape index (κ3) is 21.1. The summed E-state index contributed by atoms with van der Waals surface area (Å²) in [6, 6.07) is 0.501. The number of nitrogens with one attached hydrogen (secondary N) is 1. The van der Waals surface area contributed by atoms with Gasteiger partial charge in [-0.3, -0.25) is 10.1 Å². The standard InChI is InChI=1S/C46H91N3O2/c1-5-9-12-15-18-19-20-21-24-31-36-44(50)49(43(34-29-22-16-13-10-6-2)35-30-23-17-14-11-7-3)45(41-37-39-48(8-4)40-38-41)46(51)47-42-32-27-25-26-28-33-42/h41-43,45-47,51H,5-40H2,1-4H3. The van der Waals surface area contributed by atoms with Crippen LogP contribution in [-0.2, 0) is 4.79 Å². The van der Waals surface area contributed by atoms with Crippen LogP contribution in [0.15, 0.2) is 0 Å². The fourth-order valence-corrected chi connectivity index (χ4v) is 9.28. The van der Waals surface area contributed by atoms with E-state index in [2.05, 4.69) is 42.8 Å². The zero-order valence-electron chi connectivity index (χ0n) is 35.1. The Morgan fingerprint density at radius 1 is 0.608 bits per heavy atom. The molecule has 0 aromatic heterocycles. The summed E-state index contributed by atoms with van der Waals surface area (Å²) in [5.74, 6) is 0.704. The van der Waals surface area contributed by atoms with Crippen LogP contribution in [-0.4, -0.2) is 64.8 Å². The smallest absolute Gasteiger partial charge is 0.223 e. The Morgan fingerprint density at radius 3 is 1.49 bits per heavy atom. The predicted octanol–water partition coefficient (Wildman–Crippen LogP) is 12.7. The molecule has 1 amide bonds. The van der Waals surface area contributed by atoms with Crippen molar-refractivity contribution in [2.45, 2.75) is 264 Å². The SMILES string of the molecule is CCCCCCCCCCCCC(=O)N(C(CCCCCCCC)CCCCCCCC)C(C1CCN(CC)CC1)C(O)NC1CCCCCC1. The minimum atomic E-state index is -0.639. The normalized spacial score (nSPS) is 17.9. The molecule has 1 aliphatic carbocycles. The second-order valence-electron chi connectivity index (χ2n) is 17.1. The Hall–Kier alpha value is -0.650. The molecule has 2 atom stereocenters. The number of amides is 1. The van der Waals surface area contributed by atoms with E-state index >= 15 is 0 Å². The number of likely N-dealkylation sites (tertiary alicyclic amines) is 1. The van der Waals surface area contributed by atoms with E-state index in [-0.39, 0.29) is 12.1 Å². The number of carbonyl (C=O) groups is 1. The van der Waals surface area contributed by atoms with Crippen LogP contribution in [0.2, 0.25) is 0 Å². The lowest BCUT2D eigenvalue weighted by atomic mass is 9.84. The number of carbonyl (C=O) groups excluding carboxylic acids is 1. The molecular weight excluding hydrogens is 627 g/mol. The van der Waals surface area contributed by atoms with E-state index in [1.807, 2.05) is 0 Å². The van der Waals surface area contributed by atoms with Gasteiger partial charge in [-0.2, -0.15) is 0 Å². The van der Waals surface area contributed by atoms with Crippen molar-refractivity contribution in [2.24, 2.45) is 5.92 Å². The van der Waals surface area contributed by atoms with Gasteiger partial charge in [0.05, 0.1) is 6.04 Å². The van der Waals surface area contributed by atoms with E-state index in [9.17, 15) is 9.90 Å². The summed E-state index contributed by atoms with van der Waals surface area (Å²) < 4.78 is 0. The maximum atomic E-state index is 14.8. The predicted molar refractivity (Wildman–Crippen MR) is 222 cm³/mol. The van der Waals surface area contributed by atoms with Crippen molar-refractivity contribution in [3.05, 3.63) is 0 Å². The molecule has 1 saturated heterocycles. The first-order chi connectivity index (χ1) is 25.0. The monoisotopic (exact) mass is 718 g/mol. The molecule has 1 aliphatic heterocycles. The zero-order chi connectivity index (χ0) is 36.8. The van der Waals surface area contributed by atoms with E-state index in [1.54, 1.807) is 0 Å². The number of rotatable bonds is 32. The highest BCUT2D eigenvalue weighted by molar-refractivity contribution is 5.77. The van der Waals surface area contributed by atoms with Crippen molar-refractivity contribution in [3.63, 3.8) is 0 Å². The molecule has 5 nitrogen and oxygen atoms in total. The molecule has 0 aromatic rings. The van der Waals surface area contributed by atoms with Crippen LogP contribution in [0.5, 0.6) is 0 Å². The molecule has 2 fully saturated rings. The van der Waals surface area contributed by atoms with Gasteiger partial charge in [0.2, 0.25) is 5.91 Å². The average Bonchev–Trinajstić information content (AvgIpc) is 3.42.